The fraction of sp³-hybridized carbons (Fsp3) is 0.111. The fourth-order valence-electron chi connectivity index (χ4n) is 2.38. The number of thioether (sulfide) groups is 2. The highest BCUT2D eigenvalue weighted by Gasteiger charge is 2.17. The molecule has 0 fully saturated rings. The van der Waals surface area contributed by atoms with Crippen LogP contribution in [0.5, 0.6) is 0 Å². The Morgan fingerprint density at radius 2 is 1.56 bits per heavy atom. The van der Waals surface area contributed by atoms with Gasteiger partial charge in [-0.15, -0.1) is 23.5 Å². The zero-order valence-corrected chi connectivity index (χ0v) is 16.6. The number of hydrogen-bond donors (Lipinski definition) is 0. The van der Waals surface area contributed by atoms with Crippen molar-refractivity contribution in [3.05, 3.63) is 68.9 Å². The van der Waals surface area contributed by atoms with Gasteiger partial charge < -0.3 is 0 Å². The van der Waals surface area contributed by atoms with Crippen molar-refractivity contribution < 1.29 is 0 Å². The zero-order valence-electron chi connectivity index (χ0n) is 13.5. The van der Waals surface area contributed by atoms with Gasteiger partial charge in [-0.1, -0.05) is 23.2 Å². The Kier molecular flexibility index (Phi) is 5.79. The maximum atomic E-state index is 12.9. The highest BCUT2D eigenvalue weighted by atomic mass is 35.5. The van der Waals surface area contributed by atoms with Crippen LogP contribution in [0.3, 0.4) is 0 Å². The molecule has 0 saturated heterocycles. The van der Waals surface area contributed by atoms with Gasteiger partial charge in [0.25, 0.3) is 5.56 Å². The van der Waals surface area contributed by atoms with Crippen LogP contribution in [-0.2, 0) is 0 Å². The van der Waals surface area contributed by atoms with E-state index in [-0.39, 0.29) is 10.6 Å². The minimum absolute atomic E-state index is 0.124. The van der Waals surface area contributed by atoms with Crippen LogP contribution in [0.25, 0.3) is 17.1 Å². The van der Waals surface area contributed by atoms with E-state index in [0.717, 1.165) is 16.1 Å². The molecule has 3 rings (SSSR count). The maximum absolute atomic E-state index is 12.9. The van der Waals surface area contributed by atoms with Gasteiger partial charge in [0.15, 0.2) is 0 Å². The molecule has 0 atom stereocenters. The first-order valence-electron chi connectivity index (χ1n) is 7.32. The molecule has 0 unspecified atom stereocenters. The maximum Gasteiger partial charge on any atom is 0.278 e. The molecule has 1 aromatic heterocycles. The van der Waals surface area contributed by atoms with Crippen molar-refractivity contribution in [1.82, 2.24) is 9.55 Å². The van der Waals surface area contributed by atoms with Gasteiger partial charge in [0.1, 0.15) is 15.9 Å². The van der Waals surface area contributed by atoms with Crippen LogP contribution in [0, 0.1) is 0 Å². The summed E-state index contributed by atoms with van der Waals surface area (Å²) in [7, 11) is 0. The van der Waals surface area contributed by atoms with Gasteiger partial charge in [0.05, 0.1) is 5.69 Å². The van der Waals surface area contributed by atoms with Crippen LogP contribution in [0.15, 0.2) is 63.2 Å². The van der Waals surface area contributed by atoms with E-state index in [4.69, 9.17) is 23.2 Å². The van der Waals surface area contributed by atoms with Crippen LogP contribution in [-0.4, -0.2) is 22.1 Å². The minimum Gasteiger partial charge on any atom is -0.267 e. The van der Waals surface area contributed by atoms with Crippen molar-refractivity contribution in [3.63, 3.8) is 0 Å². The second-order valence-electron chi connectivity index (χ2n) is 5.10. The second-order valence-corrected chi connectivity index (χ2v) is 7.59. The SMILES string of the molecule is CSc1ccc(-n2c(-c3ccc(Cl)cc3)nc(SC)c(Cl)c2=O)cc1. The van der Waals surface area contributed by atoms with E-state index in [9.17, 15) is 4.79 Å². The third-order valence-electron chi connectivity index (χ3n) is 3.62. The summed E-state index contributed by atoms with van der Waals surface area (Å²) in [5, 5.41) is 1.26. The lowest BCUT2D eigenvalue weighted by molar-refractivity contribution is 0.904. The predicted octanol–water partition coefficient (Wildman–Crippen LogP) is 5.65. The zero-order chi connectivity index (χ0) is 18.0. The van der Waals surface area contributed by atoms with Crippen LogP contribution in [0.4, 0.5) is 0 Å². The standard InChI is InChI=1S/C18H14Cl2N2OS2/c1-24-14-9-7-13(8-10-14)22-16(11-3-5-12(19)6-4-11)21-17(25-2)15(20)18(22)23/h3-10H,1-2H3. The molecule has 0 saturated carbocycles. The molecule has 0 N–H and O–H groups in total. The number of nitrogens with zero attached hydrogens (tertiary/aromatic N) is 2. The number of rotatable bonds is 4. The molecule has 3 nitrogen and oxygen atoms in total. The lowest BCUT2D eigenvalue weighted by atomic mass is 10.2. The van der Waals surface area contributed by atoms with Gasteiger partial charge in [0.2, 0.25) is 0 Å². The molecular formula is C18H14Cl2N2OS2. The first kappa shape index (κ1) is 18.4. The average Bonchev–Trinajstić information content (AvgIpc) is 2.64. The van der Waals surface area contributed by atoms with E-state index < -0.39 is 0 Å². The average molecular weight is 409 g/mol. The van der Waals surface area contributed by atoms with Crippen LogP contribution < -0.4 is 5.56 Å². The predicted molar refractivity (Wildman–Crippen MR) is 109 cm³/mol. The minimum atomic E-state index is -0.289. The van der Waals surface area contributed by atoms with Crippen LogP contribution in [0.2, 0.25) is 10.0 Å². The van der Waals surface area contributed by atoms with Gasteiger partial charge in [-0.25, -0.2) is 4.98 Å². The molecule has 3 aromatic rings. The first-order valence-corrected chi connectivity index (χ1v) is 10.5. The van der Waals surface area contributed by atoms with Gasteiger partial charge >= 0.3 is 0 Å². The molecule has 128 valence electrons. The van der Waals surface area contributed by atoms with E-state index in [1.165, 1.54) is 16.3 Å². The van der Waals surface area contributed by atoms with Crippen molar-refractivity contribution in [2.24, 2.45) is 0 Å². The fourth-order valence-corrected chi connectivity index (χ4v) is 3.72. The van der Waals surface area contributed by atoms with Gasteiger partial charge in [-0.3, -0.25) is 9.36 Å². The van der Waals surface area contributed by atoms with Crippen LogP contribution >= 0.6 is 46.7 Å². The van der Waals surface area contributed by atoms with E-state index in [1.807, 2.05) is 48.9 Å². The topological polar surface area (TPSA) is 34.9 Å². The van der Waals surface area contributed by atoms with Gasteiger partial charge in [-0.05, 0) is 61.0 Å². The highest BCUT2D eigenvalue weighted by molar-refractivity contribution is 7.98. The summed E-state index contributed by atoms with van der Waals surface area (Å²) in [6.45, 7) is 0. The molecule has 0 aliphatic carbocycles. The van der Waals surface area contributed by atoms with Crippen molar-refractivity contribution >= 4 is 46.7 Å². The van der Waals surface area contributed by atoms with Crippen LogP contribution in [0.1, 0.15) is 0 Å². The molecule has 2 aromatic carbocycles. The first-order chi connectivity index (χ1) is 12.0. The number of halogens is 2. The second kappa shape index (κ2) is 7.87. The van der Waals surface area contributed by atoms with Crippen molar-refractivity contribution in [1.29, 1.82) is 0 Å². The lowest BCUT2D eigenvalue weighted by Crippen LogP contribution is -2.23. The van der Waals surface area contributed by atoms with E-state index in [1.54, 1.807) is 23.9 Å². The highest BCUT2D eigenvalue weighted by Crippen LogP contribution is 2.28. The number of hydrogen-bond acceptors (Lipinski definition) is 4. The summed E-state index contributed by atoms with van der Waals surface area (Å²) in [4.78, 5) is 18.6. The molecule has 0 radical (unpaired) electrons. The largest absolute Gasteiger partial charge is 0.278 e. The molecule has 25 heavy (non-hydrogen) atoms. The Hall–Kier alpha value is -1.40. The smallest absolute Gasteiger partial charge is 0.267 e. The number of benzene rings is 2. The molecular weight excluding hydrogens is 395 g/mol. The summed E-state index contributed by atoms with van der Waals surface area (Å²) in [5.41, 5.74) is 1.22. The molecule has 0 aliphatic heterocycles. The molecule has 0 aliphatic rings. The lowest BCUT2D eigenvalue weighted by Gasteiger charge is -2.15. The van der Waals surface area contributed by atoms with E-state index >= 15 is 0 Å². The Bertz CT molecular complexity index is 955. The molecule has 1 heterocycles. The molecule has 0 spiro atoms. The third-order valence-corrected chi connectivity index (χ3v) is 5.75. The molecule has 0 bridgehead atoms. The van der Waals surface area contributed by atoms with Crippen molar-refractivity contribution in [3.8, 4) is 17.1 Å². The Labute approximate surface area is 164 Å². The summed E-state index contributed by atoms with van der Waals surface area (Å²) in [6, 6.07) is 15.0. The summed E-state index contributed by atoms with van der Waals surface area (Å²) >= 11 is 15.2. The van der Waals surface area contributed by atoms with Gasteiger partial charge in [0, 0.05) is 15.5 Å². The Balaban J connectivity index is 2.29. The quantitative estimate of drug-likeness (QED) is 0.412. The van der Waals surface area contributed by atoms with E-state index in [0.29, 0.717) is 15.9 Å². The van der Waals surface area contributed by atoms with Crippen molar-refractivity contribution in [2.75, 3.05) is 12.5 Å². The molecule has 7 heteroatoms. The summed E-state index contributed by atoms with van der Waals surface area (Å²) in [5.74, 6) is 0.535. The molecule has 0 amide bonds. The summed E-state index contributed by atoms with van der Waals surface area (Å²) < 4.78 is 1.54. The third kappa shape index (κ3) is 3.75. The Morgan fingerprint density at radius 1 is 0.920 bits per heavy atom. The van der Waals surface area contributed by atoms with Crippen molar-refractivity contribution in [2.45, 2.75) is 9.92 Å². The van der Waals surface area contributed by atoms with Gasteiger partial charge in [-0.2, -0.15) is 0 Å². The Morgan fingerprint density at radius 3 is 2.12 bits per heavy atom. The number of aromatic nitrogens is 2. The summed E-state index contributed by atoms with van der Waals surface area (Å²) in [6.07, 6.45) is 3.85. The monoisotopic (exact) mass is 408 g/mol. The van der Waals surface area contributed by atoms with E-state index in [2.05, 4.69) is 4.98 Å². The normalized spacial score (nSPS) is 10.9.